The Bertz CT molecular complexity index is 534. The second-order valence-corrected chi connectivity index (χ2v) is 5.51. The van der Waals surface area contributed by atoms with E-state index in [9.17, 15) is 0 Å². The molecule has 0 heterocycles. The smallest absolute Gasteiger partial charge is 0.0211 e. The van der Waals surface area contributed by atoms with Gasteiger partial charge in [-0.25, -0.2) is 0 Å². The van der Waals surface area contributed by atoms with Crippen LogP contribution in [0.15, 0.2) is 46.9 Å². The predicted molar refractivity (Wildman–Crippen MR) is 80.6 cm³/mol. The van der Waals surface area contributed by atoms with Crippen LogP contribution in [0, 0.1) is 13.8 Å². The summed E-state index contributed by atoms with van der Waals surface area (Å²) < 4.78 is 1.13. The van der Waals surface area contributed by atoms with Crippen LogP contribution in [0.4, 0.5) is 0 Å². The molecule has 0 fully saturated rings. The molecule has 2 aromatic carbocycles. The van der Waals surface area contributed by atoms with Gasteiger partial charge in [0.25, 0.3) is 0 Å². The van der Waals surface area contributed by atoms with Gasteiger partial charge >= 0.3 is 0 Å². The van der Waals surface area contributed by atoms with Gasteiger partial charge in [-0.05, 0) is 48.2 Å². The summed E-state index contributed by atoms with van der Waals surface area (Å²) in [5, 5.41) is 3.49. The average molecular weight is 304 g/mol. The van der Waals surface area contributed by atoms with E-state index in [0.717, 1.165) is 17.6 Å². The Hall–Kier alpha value is -1.12. The molecule has 0 amide bonds. The van der Waals surface area contributed by atoms with E-state index in [0.29, 0.717) is 0 Å². The van der Waals surface area contributed by atoms with Gasteiger partial charge in [-0.2, -0.15) is 0 Å². The van der Waals surface area contributed by atoms with Crippen LogP contribution < -0.4 is 5.32 Å². The van der Waals surface area contributed by atoms with Gasteiger partial charge in [0.15, 0.2) is 0 Å². The second kappa shape index (κ2) is 6.17. The second-order valence-electron chi connectivity index (χ2n) is 4.59. The zero-order valence-corrected chi connectivity index (χ0v) is 12.4. The van der Waals surface area contributed by atoms with E-state index in [1.165, 1.54) is 22.3 Å². The van der Waals surface area contributed by atoms with Crippen molar-refractivity contribution in [1.82, 2.24) is 5.32 Å². The lowest BCUT2D eigenvalue weighted by Crippen LogP contribution is -2.13. The molecule has 0 saturated carbocycles. The molecule has 2 rings (SSSR count). The first-order valence-corrected chi connectivity index (χ1v) is 6.96. The highest BCUT2D eigenvalue weighted by molar-refractivity contribution is 9.10. The van der Waals surface area contributed by atoms with Crippen LogP contribution in [0.3, 0.4) is 0 Å². The summed E-state index contributed by atoms with van der Waals surface area (Å²) in [5.74, 6) is 0. The summed E-state index contributed by atoms with van der Waals surface area (Å²) >= 11 is 3.49. The summed E-state index contributed by atoms with van der Waals surface area (Å²) in [6.45, 7) is 6.16. The van der Waals surface area contributed by atoms with Crippen molar-refractivity contribution in [2.45, 2.75) is 26.9 Å². The molecule has 0 bridgehead atoms. The number of hydrogen-bond acceptors (Lipinski definition) is 1. The molecule has 94 valence electrons. The molecule has 0 aromatic heterocycles. The van der Waals surface area contributed by atoms with E-state index < -0.39 is 0 Å². The van der Waals surface area contributed by atoms with Gasteiger partial charge in [0.2, 0.25) is 0 Å². The third-order valence-electron chi connectivity index (χ3n) is 3.25. The molecular formula is C16H18BrN. The summed E-state index contributed by atoms with van der Waals surface area (Å²) in [4.78, 5) is 0. The van der Waals surface area contributed by atoms with Crippen molar-refractivity contribution in [3.8, 4) is 0 Å². The molecule has 2 aromatic rings. The molecule has 2 heteroatoms. The van der Waals surface area contributed by atoms with E-state index in [-0.39, 0.29) is 0 Å². The van der Waals surface area contributed by atoms with Gasteiger partial charge in [0.1, 0.15) is 0 Å². The van der Waals surface area contributed by atoms with Crippen LogP contribution >= 0.6 is 15.9 Å². The monoisotopic (exact) mass is 303 g/mol. The van der Waals surface area contributed by atoms with Gasteiger partial charge in [0, 0.05) is 17.6 Å². The maximum absolute atomic E-state index is 3.49. The van der Waals surface area contributed by atoms with Crippen LogP contribution in [0.2, 0.25) is 0 Å². The molecule has 1 N–H and O–H groups in total. The highest BCUT2D eigenvalue weighted by Crippen LogP contribution is 2.14. The van der Waals surface area contributed by atoms with Crippen molar-refractivity contribution < 1.29 is 0 Å². The first-order valence-electron chi connectivity index (χ1n) is 6.17. The fraction of sp³-hybridized carbons (Fsp3) is 0.250. The Morgan fingerprint density at radius 3 is 2.56 bits per heavy atom. The largest absolute Gasteiger partial charge is 0.309 e. The van der Waals surface area contributed by atoms with Crippen molar-refractivity contribution in [2.24, 2.45) is 0 Å². The topological polar surface area (TPSA) is 12.0 Å². The third-order valence-corrected chi connectivity index (χ3v) is 3.74. The molecule has 0 unspecified atom stereocenters. The highest BCUT2D eigenvalue weighted by atomic mass is 79.9. The lowest BCUT2D eigenvalue weighted by Gasteiger charge is -2.10. The van der Waals surface area contributed by atoms with Crippen molar-refractivity contribution in [3.63, 3.8) is 0 Å². The van der Waals surface area contributed by atoms with Gasteiger partial charge in [-0.3, -0.25) is 0 Å². The quantitative estimate of drug-likeness (QED) is 0.885. The first-order chi connectivity index (χ1) is 8.66. The molecule has 18 heavy (non-hydrogen) atoms. The summed E-state index contributed by atoms with van der Waals surface area (Å²) in [6.07, 6.45) is 0. The van der Waals surface area contributed by atoms with Crippen LogP contribution in [0.5, 0.6) is 0 Å². The number of nitrogens with one attached hydrogen (secondary N) is 1. The minimum absolute atomic E-state index is 0.896. The van der Waals surface area contributed by atoms with Gasteiger partial charge < -0.3 is 5.32 Å². The SMILES string of the molecule is Cc1cccc(CNCc2cccc(Br)c2)c1C. The zero-order chi connectivity index (χ0) is 13.0. The number of halogens is 1. The van der Waals surface area contributed by atoms with Gasteiger partial charge in [0.05, 0.1) is 0 Å². The zero-order valence-electron chi connectivity index (χ0n) is 10.8. The standard InChI is InChI=1S/C16H18BrN/c1-12-5-3-7-15(13(12)2)11-18-10-14-6-4-8-16(17)9-14/h3-9,18H,10-11H2,1-2H3. The van der Waals surface area contributed by atoms with Crippen molar-refractivity contribution in [2.75, 3.05) is 0 Å². The summed E-state index contributed by atoms with van der Waals surface area (Å²) in [5.41, 5.74) is 5.43. The van der Waals surface area contributed by atoms with Gasteiger partial charge in [-0.1, -0.05) is 46.3 Å². The first kappa shape index (κ1) is 13.3. The van der Waals surface area contributed by atoms with E-state index >= 15 is 0 Å². The lowest BCUT2D eigenvalue weighted by molar-refractivity contribution is 0.690. The van der Waals surface area contributed by atoms with Crippen LogP contribution in [-0.2, 0) is 13.1 Å². The molecule has 0 radical (unpaired) electrons. The molecule has 0 aliphatic heterocycles. The minimum Gasteiger partial charge on any atom is -0.309 e. The Labute approximate surface area is 117 Å². The fourth-order valence-electron chi connectivity index (χ4n) is 1.99. The molecule has 0 atom stereocenters. The Kier molecular flexibility index (Phi) is 4.56. The van der Waals surface area contributed by atoms with Crippen molar-refractivity contribution in [3.05, 3.63) is 69.2 Å². The predicted octanol–water partition coefficient (Wildman–Crippen LogP) is 4.36. The molecule has 0 saturated heterocycles. The lowest BCUT2D eigenvalue weighted by atomic mass is 10.0. The van der Waals surface area contributed by atoms with Crippen LogP contribution in [0.1, 0.15) is 22.3 Å². The molecule has 0 aliphatic carbocycles. The number of benzene rings is 2. The molecular weight excluding hydrogens is 286 g/mol. The van der Waals surface area contributed by atoms with E-state index in [1.807, 2.05) is 6.07 Å². The Morgan fingerprint density at radius 1 is 1.00 bits per heavy atom. The molecule has 0 spiro atoms. The number of hydrogen-bond donors (Lipinski definition) is 1. The Morgan fingerprint density at radius 2 is 1.78 bits per heavy atom. The van der Waals surface area contributed by atoms with Crippen LogP contribution in [0.25, 0.3) is 0 Å². The summed E-state index contributed by atoms with van der Waals surface area (Å²) in [7, 11) is 0. The van der Waals surface area contributed by atoms with Crippen molar-refractivity contribution >= 4 is 15.9 Å². The van der Waals surface area contributed by atoms with E-state index in [2.05, 4.69) is 71.5 Å². The fourth-order valence-corrected chi connectivity index (χ4v) is 2.44. The maximum atomic E-state index is 3.49. The number of aryl methyl sites for hydroxylation is 1. The third kappa shape index (κ3) is 3.44. The Balaban J connectivity index is 1.94. The van der Waals surface area contributed by atoms with E-state index in [4.69, 9.17) is 0 Å². The highest BCUT2D eigenvalue weighted by Gasteiger charge is 2.00. The van der Waals surface area contributed by atoms with Crippen molar-refractivity contribution in [1.29, 1.82) is 0 Å². The van der Waals surface area contributed by atoms with Crippen LogP contribution in [-0.4, -0.2) is 0 Å². The minimum atomic E-state index is 0.896. The number of rotatable bonds is 4. The normalized spacial score (nSPS) is 10.6. The average Bonchev–Trinajstić information content (AvgIpc) is 2.35. The summed E-state index contributed by atoms with van der Waals surface area (Å²) in [6, 6.07) is 14.9. The maximum Gasteiger partial charge on any atom is 0.0211 e. The van der Waals surface area contributed by atoms with Gasteiger partial charge in [-0.15, -0.1) is 0 Å². The van der Waals surface area contributed by atoms with E-state index in [1.54, 1.807) is 0 Å². The molecule has 1 nitrogen and oxygen atoms in total. The molecule has 0 aliphatic rings.